The van der Waals surface area contributed by atoms with Crippen LogP contribution >= 0.6 is 31.9 Å². The van der Waals surface area contributed by atoms with Gasteiger partial charge in [0, 0.05) is 8.95 Å². The molecule has 234 valence electrons. The summed E-state index contributed by atoms with van der Waals surface area (Å²) in [6.45, 7) is 9.29. The maximum Gasteiger partial charge on any atom is 0.0210 e. The third-order valence-electron chi connectivity index (χ3n) is 9.10. The van der Waals surface area contributed by atoms with E-state index in [-0.39, 0.29) is 0 Å². The van der Waals surface area contributed by atoms with Crippen LogP contribution in [0.25, 0.3) is 0 Å². The van der Waals surface area contributed by atoms with E-state index in [1.807, 2.05) is 0 Å². The Labute approximate surface area is 269 Å². The predicted molar refractivity (Wildman–Crippen MR) is 190 cm³/mol. The summed E-state index contributed by atoms with van der Waals surface area (Å²) in [6, 6.07) is 4.97. The Bertz CT molecular complexity index is 637. The first-order valence-corrected chi connectivity index (χ1v) is 19.6. The first kappa shape index (κ1) is 38.2. The van der Waals surface area contributed by atoms with Gasteiger partial charge in [-0.2, -0.15) is 0 Å². The van der Waals surface area contributed by atoms with Gasteiger partial charge in [-0.3, -0.25) is 0 Å². The molecular weight excluding hydrogens is 616 g/mol. The molecule has 1 rings (SSSR count). The Morgan fingerprint density at radius 3 is 0.950 bits per heavy atom. The summed E-state index contributed by atoms with van der Waals surface area (Å²) in [7, 11) is 0. The van der Waals surface area contributed by atoms with Crippen LogP contribution < -0.4 is 0 Å². The second-order valence-electron chi connectivity index (χ2n) is 13.0. The van der Waals surface area contributed by atoms with E-state index in [0.717, 1.165) is 11.8 Å². The lowest BCUT2D eigenvalue weighted by Crippen LogP contribution is -2.09. The first-order chi connectivity index (χ1) is 19.5. The van der Waals surface area contributed by atoms with Crippen molar-refractivity contribution in [1.29, 1.82) is 0 Å². The monoisotopic (exact) mass is 682 g/mol. The van der Waals surface area contributed by atoms with Crippen LogP contribution in [0.4, 0.5) is 0 Å². The highest BCUT2D eigenvalue weighted by Crippen LogP contribution is 2.33. The van der Waals surface area contributed by atoms with Crippen molar-refractivity contribution in [2.45, 2.75) is 195 Å². The SMILES string of the molecule is CCCCCCCCC(CCCCCC)Cc1cc(Br)c(CC(CCCCCC)CCCCCCCC)cc1Br. The molecule has 2 heteroatoms. The summed E-state index contributed by atoms with van der Waals surface area (Å²) >= 11 is 8.09. The maximum atomic E-state index is 4.04. The molecule has 0 heterocycles. The topological polar surface area (TPSA) is 0 Å². The van der Waals surface area contributed by atoms with E-state index < -0.39 is 0 Å². The molecule has 0 aliphatic heterocycles. The van der Waals surface area contributed by atoms with Gasteiger partial charge in [-0.15, -0.1) is 0 Å². The fraction of sp³-hybridized carbons (Fsp3) is 0.842. The van der Waals surface area contributed by atoms with Crippen molar-refractivity contribution in [3.63, 3.8) is 0 Å². The molecule has 0 nitrogen and oxygen atoms in total. The molecule has 2 unspecified atom stereocenters. The van der Waals surface area contributed by atoms with E-state index >= 15 is 0 Å². The van der Waals surface area contributed by atoms with E-state index in [9.17, 15) is 0 Å². The molecule has 0 aliphatic rings. The average molecular weight is 685 g/mol. The molecule has 0 spiro atoms. The lowest BCUT2D eigenvalue weighted by Gasteiger charge is -2.21. The van der Waals surface area contributed by atoms with E-state index in [1.54, 1.807) is 0 Å². The van der Waals surface area contributed by atoms with Crippen LogP contribution in [0, 0.1) is 11.8 Å². The molecule has 0 saturated heterocycles. The van der Waals surface area contributed by atoms with Crippen LogP contribution in [0.1, 0.15) is 193 Å². The molecule has 1 aromatic carbocycles. The van der Waals surface area contributed by atoms with Crippen molar-refractivity contribution in [2.24, 2.45) is 11.8 Å². The number of rotatable bonds is 28. The molecule has 0 bridgehead atoms. The lowest BCUT2D eigenvalue weighted by atomic mass is 9.86. The molecule has 2 atom stereocenters. The van der Waals surface area contributed by atoms with Gasteiger partial charge in [-0.1, -0.05) is 214 Å². The van der Waals surface area contributed by atoms with Crippen molar-refractivity contribution >= 4 is 31.9 Å². The third kappa shape index (κ3) is 19.4. The predicted octanol–water partition coefficient (Wildman–Crippen LogP) is 15.0. The van der Waals surface area contributed by atoms with Crippen LogP contribution in [-0.4, -0.2) is 0 Å². The molecule has 0 amide bonds. The van der Waals surface area contributed by atoms with Crippen molar-refractivity contribution in [1.82, 2.24) is 0 Å². The molecule has 0 fully saturated rings. The fourth-order valence-corrected chi connectivity index (χ4v) is 7.51. The lowest BCUT2D eigenvalue weighted by molar-refractivity contribution is 0.399. The summed E-state index contributed by atoms with van der Waals surface area (Å²) in [5, 5.41) is 0. The van der Waals surface area contributed by atoms with Crippen LogP contribution in [0.5, 0.6) is 0 Å². The normalized spacial score (nSPS) is 13.2. The summed E-state index contributed by atoms with van der Waals surface area (Å²) in [6.07, 6.45) is 36.1. The van der Waals surface area contributed by atoms with Crippen LogP contribution in [0.15, 0.2) is 21.1 Å². The second-order valence-corrected chi connectivity index (χ2v) is 14.7. The summed E-state index contributed by atoms with van der Waals surface area (Å²) in [4.78, 5) is 0. The summed E-state index contributed by atoms with van der Waals surface area (Å²) in [5.74, 6) is 1.66. The first-order valence-electron chi connectivity index (χ1n) is 18.0. The van der Waals surface area contributed by atoms with Crippen molar-refractivity contribution < 1.29 is 0 Å². The van der Waals surface area contributed by atoms with Gasteiger partial charge < -0.3 is 0 Å². The summed E-state index contributed by atoms with van der Waals surface area (Å²) in [5.41, 5.74) is 3.05. The van der Waals surface area contributed by atoms with Crippen molar-refractivity contribution in [3.05, 3.63) is 32.2 Å². The van der Waals surface area contributed by atoms with Gasteiger partial charge >= 0.3 is 0 Å². The number of unbranched alkanes of at least 4 members (excludes halogenated alkanes) is 16. The minimum Gasteiger partial charge on any atom is -0.0654 e. The van der Waals surface area contributed by atoms with Gasteiger partial charge in [-0.05, 0) is 47.9 Å². The summed E-state index contributed by atoms with van der Waals surface area (Å²) < 4.78 is 2.72. The van der Waals surface area contributed by atoms with Crippen LogP contribution in [0.3, 0.4) is 0 Å². The molecule has 0 N–H and O–H groups in total. The second kappa shape index (κ2) is 26.8. The number of benzene rings is 1. The highest BCUT2D eigenvalue weighted by Gasteiger charge is 2.17. The van der Waals surface area contributed by atoms with Crippen molar-refractivity contribution in [2.75, 3.05) is 0 Å². The Hall–Kier alpha value is 0.180. The molecule has 0 radical (unpaired) electrons. The Morgan fingerprint density at radius 1 is 0.400 bits per heavy atom. The van der Waals surface area contributed by atoms with Crippen molar-refractivity contribution in [3.8, 4) is 0 Å². The molecule has 0 saturated carbocycles. The smallest absolute Gasteiger partial charge is 0.0210 e. The van der Waals surface area contributed by atoms with Gasteiger partial charge in [0.15, 0.2) is 0 Å². The zero-order valence-corrected chi connectivity index (χ0v) is 30.6. The Balaban J connectivity index is 2.78. The molecule has 40 heavy (non-hydrogen) atoms. The molecule has 1 aromatic rings. The molecule has 0 aromatic heterocycles. The fourth-order valence-electron chi connectivity index (χ4n) is 6.41. The Kier molecular flexibility index (Phi) is 25.6. The highest BCUT2D eigenvalue weighted by molar-refractivity contribution is 9.11. The Morgan fingerprint density at radius 2 is 0.650 bits per heavy atom. The van der Waals surface area contributed by atoms with Gasteiger partial charge in [-0.25, -0.2) is 0 Å². The van der Waals surface area contributed by atoms with Gasteiger partial charge in [0.25, 0.3) is 0 Å². The van der Waals surface area contributed by atoms with Gasteiger partial charge in [0.1, 0.15) is 0 Å². The standard InChI is InChI=1S/C38H68Br2/c1-5-9-13-17-19-23-27-33(25-21-15-11-7-3)29-35-31-38(40)36(32-37(35)39)30-34(26-22-16-12-8-4)28-24-20-18-14-10-6-2/h31-34H,5-30H2,1-4H3. The van der Waals surface area contributed by atoms with Crippen LogP contribution in [-0.2, 0) is 12.8 Å². The highest BCUT2D eigenvalue weighted by atomic mass is 79.9. The zero-order chi connectivity index (χ0) is 29.3. The van der Waals surface area contributed by atoms with E-state index in [1.165, 1.54) is 187 Å². The average Bonchev–Trinajstić information content (AvgIpc) is 2.94. The zero-order valence-electron chi connectivity index (χ0n) is 27.5. The quantitative estimate of drug-likeness (QED) is 0.0771. The minimum atomic E-state index is 0.830. The van der Waals surface area contributed by atoms with Gasteiger partial charge in [0.2, 0.25) is 0 Å². The maximum absolute atomic E-state index is 4.04. The number of hydrogen-bond acceptors (Lipinski definition) is 0. The molecule has 0 aliphatic carbocycles. The number of halogens is 2. The minimum absolute atomic E-state index is 0.830. The van der Waals surface area contributed by atoms with E-state index in [2.05, 4.69) is 71.7 Å². The largest absolute Gasteiger partial charge is 0.0654 e. The number of hydrogen-bond donors (Lipinski definition) is 0. The molecular formula is C38H68Br2. The van der Waals surface area contributed by atoms with Gasteiger partial charge in [0.05, 0.1) is 0 Å². The van der Waals surface area contributed by atoms with E-state index in [0.29, 0.717) is 0 Å². The van der Waals surface area contributed by atoms with Crippen LogP contribution in [0.2, 0.25) is 0 Å². The van der Waals surface area contributed by atoms with E-state index in [4.69, 9.17) is 0 Å². The third-order valence-corrected chi connectivity index (χ3v) is 10.6.